The highest BCUT2D eigenvalue weighted by Crippen LogP contribution is 2.30. The summed E-state index contributed by atoms with van der Waals surface area (Å²) >= 11 is 12.0. The Labute approximate surface area is 206 Å². The van der Waals surface area contributed by atoms with Crippen LogP contribution in [0, 0.1) is 29.1 Å². The van der Waals surface area contributed by atoms with Crippen LogP contribution in [0.1, 0.15) is 21.9 Å². The molecule has 12 heteroatoms. The fourth-order valence-corrected chi connectivity index (χ4v) is 3.91. The number of rotatable bonds is 6. The maximum atomic E-state index is 13.7. The van der Waals surface area contributed by atoms with Crippen LogP contribution >= 0.6 is 23.2 Å². The van der Waals surface area contributed by atoms with E-state index >= 15 is 0 Å². The van der Waals surface area contributed by atoms with E-state index in [0.29, 0.717) is 42.8 Å². The molecule has 0 spiro atoms. The minimum absolute atomic E-state index is 0.0319. The summed E-state index contributed by atoms with van der Waals surface area (Å²) in [5.41, 5.74) is 0.989. The third-order valence-electron chi connectivity index (χ3n) is 5.45. The summed E-state index contributed by atoms with van der Waals surface area (Å²) in [7, 11) is 0. The molecule has 2 aromatic carbocycles. The van der Waals surface area contributed by atoms with Gasteiger partial charge in [0.25, 0.3) is 5.91 Å². The molecule has 2 heterocycles. The van der Waals surface area contributed by atoms with Gasteiger partial charge in [0, 0.05) is 32.7 Å². The zero-order valence-electron chi connectivity index (χ0n) is 17.9. The summed E-state index contributed by atoms with van der Waals surface area (Å²) in [4.78, 5) is 16.5. The Morgan fingerprint density at radius 3 is 2.11 bits per heavy atom. The molecule has 1 aliphatic rings. The van der Waals surface area contributed by atoms with Crippen molar-refractivity contribution in [2.75, 3.05) is 26.2 Å². The smallest absolute Gasteiger partial charge is 0.289 e. The predicted octanol–water partition coefficient (Wildman–Crippen LogP) is 5.82. The molecule has 5 nitrogen and oxygen atoms in total. The zero-order valence-corrected chi connectivity index (χ0v) is 19.4. The fraction of sp³-hybridized carbons (Fsp3) is 0.261. The first-order valence-corrected chi connectivity index (χ1v) is 11.1. The number of carbonyl (C=O) groups is 1. The number of benzene rings is 2. The van der Waals surface area contributed by atoms with E-state index in [2.05, 4.69) is 4.90 Å². The molecule has 1 fully saturated rings. The van der Waals surface area contributed by atoms with Crippen molar-refractivity contribution in [3.05, 3.63) is 86.5 Å². The number of halogens is 7. The summed E-state index contributed by atoms with van der Waals surface area (Å²) in [6, 6.07) is 8.06. The van der Waals surface area contributed by atoms with E-state index in [9.17, 15) is 26.7 Å². The van der Waals surface area contributed by atoms with E-state index < -0.39 is 47.3 Å². The maximum Gasteiger partial charge on any atom is 0.289 e. The average Bonchev–Trinajstić information content (AvgIpc) is 3.33. The SMILES string of the molecule is O=C(c1ccc(COc2c(F)c(F)c(F)c(F)c2F)o1)N1CCN(Cc2ccc(Cl)c(Cl)c2)CC1. The van der Waals surface area contributed by atoms with Gasteiger partial charge in [-0.3, -0.25) is 9.69 Å². The van der Waals surface area contributed by atoms with Gasteiger partial charge in [-0.2, -0.15) is 8.78 Å². The lowest BCUT2D eigenvalue weighted by molar-refractivity contribution is 0.0594. The molecule has 1 aliphatic heterocycles. The van der Waals surface area contributed by atoms with Crippen LogP contribution < -0.4 is 4.74 Å². The average molecular weight is 535 g/mol. The molecule has 3 aromatic rings. The van der Waals surface area contributed by atoms with Crippen LogP contribution in [-0.4, -0.2) is 41.9 Å². The molecular formula is C23H17Cl2F5N2O3. The normalized spacial score (nSPS) is 14.4. The van der Waals surface area contributed by atoms with Crippen molar-refractivity contribution >= 4 is 29.1 Å². The van der Waals surface area contributed by atoms with Gasteiger partial charge >= 0.3 is 0 Å². The van der Waals surface area contributed by atoms with Gasteiger partial charge < -0.3 is 14.1 Å². The van der Waals surface area contributed by atoms with Crippen molar-refractivity contribution in [3.63, 3.8) is 0 Å². The first kappa shape index (κ1) is 25.3. The Balaban J connectivity index is 1.33. The summed E-state index contributed by atoms with van der Waals surface area (Å²) in [6.45, 7) is 2.04. The van der Waals surface area contributed by atoms with E-state index in [1.807, 2.05) is 6.07 Å². The van der Waals surface area contributed by atoms with Gasteiger partial charge in [0.2, 0.25) is 29.1 Å². The van der Waals surface area contributed by atoms with E-state index in [-0.39, 0.29) is 11.5 Å². The van der Waals surface area contributed by atoms with Gasteiger partial charge in [-0.05, 0) is 29.8 Å². The van der Waals surface area contributed by atoms with Gasteiger partial charge in [0.05, 0.1) is 10.0 Å². The van der Waals surface area contributed by atoms with Crippen LogP contribution in [-0.2, 0) is 13.2 Å². The number of ether oxygens (including phenoxy) is 1. The largest absolute Gasteiger partial charge is 0.479 e. The van der Waals surface area contributed by atoms with E-state index in [1.54, 1.807) is 17.0 Å². The third-order valence-corrected chi connectivity index (χ3v) is 6.19. The summed E-state index contributed by atoms with van der Waals surface area (Å²) in [5.74, 6) is -12.6. The molecule has 186 valence electrons. The molecule has 0 aliphatic carbocycles. The second-order valence-corrected chi connectivity index (χ2v) is 8.58. The first-order chi connectivity index (χ1) is 16.7. The number of hydrogen-bond donors (Lipinski definition) is 0. The molecule has 0 saturated carbocycles. The van der Waals surface area contributed by atoms with Crippen molar-refractivity contribution in [2.45, 2.75) is 13.2 Å². The number of nitrogens with zero attached hydrogens (tertiary/aromatic N) is 2. The second-order valence-electron chi connectivity index (χ2n) is 7.77. The topological polar surface area (TPSA) is 45.9 Å². The Morgan fingerprint density at radius 2 is 1.49 bits per heavy atom. The quantitative estimate of drug-likeness (QED) is 0.227. The molecule has 1 aromatic heterocycles. The van der Waals surface area contributed by atoms with Crippen molar-refractivity contribution < 1.29 is 35.9 Å². The molecule has 0 radical (unpaired) electrons. The van der Waals surface area contributed by atoms with Crippen LogP contribution in [0.3, 0.4) is 0 Å². The molecule has 4 rings (SSSR count). The number of piperazine rings is 1. The third kappa shape index (κ3) is 5.39. The Bertz CT molecular complexity index is 1230. The molecule has 0 unspecified atom stereocenters. The van der Waals surface area contributed by atoms with Gasteiger partial charge in [-0.25, -0.2) is 13.2 Å². The predicted molar refractivity (Wildman–Crippen MR) is 117 cm³/mol. The van der Waals surface area contributed by atoms with Crippen molar-refractivity contribution in [1.29, 1.82) is 0 Å². The van der Waals surface area contributed by atoms with Crippen LogP contribution in [0.25, 0.3) is 0 Å². The summed E-state index contributed by atoms with van der Waals surface area (Å²) < 4.78 is 77.3. The van der Waals surface area contributed by atoms with E-state index in [4.69, 9.17) is 32.4 Å². The fourth-order valence-electron chi connectivity index (χ4n) is 3.59. The Morgan fingerprint density at radius 1 is 0.857 bits per heavy atom. The highest BCUT2D eigenvalue weighted by Gasteiger charge is 2.28. The van der Waals surface area contributed by atoms with E-state index in [1.165, 1.54) is 12.1 Å². The highest BCUT2D eigenvalue weighted by molar-refractivity contribution is 6.42. The minimum atomic E-state index is -2.28. The number of amides is 1. The maximum absolute atomic E-state index is 13.7. The standard InChI is InChI=1S/C23H17Cl2F5N2O3/c24-14-3-1-12(9-15(14)25)10-31-5-7-32(8-6-31)23(33)16-4-2-13(35-16)11-34-22-20(29)18(27)17(26)19(28)21(22)30/h1-4,9H,5-8,10-11H2. The molecule has 0 atom stereocenters. The molecular weight excluding hydrogens is 518 g/mol. The second kappa shape index (κ2) is 10.4. The highest BCUT2D eigenvalue weighted by atomic mass is 35.5. The Kier molecular flexibility index (Phi) is 7.53. The van der Waals surface area contributed by atoms with Crippen LogP contribution in [0.2, 0.25) is 10.0 Å². The van der Waals surface area contributed by atoms with Gasteiger partial charge in [-0.15, -0.1) is 0 Å². The monoisotopic (exact) mass is 534 g/mol. The molecule has 1 saturated heterocycles. The van der Waals surface area contributed by atoms with Crippen LogP contribution in [0.5, 0.6) is 5.75 Å². The number of hydrogen-bond acceptors (Lipinski definition) is 4. The van der Waals surface area contributed by atoms with Crippen LogP contribution in [0.4, 0.5) is 22.0 Å². The zero-order chi connectivity index (χ0) is 25.3. The van der Waals surface area contributed by atoms with Crippen LogP contribution in [0.15, 0.2) is 34.7 Å². The Hall–Kier alpha value is -2.82. The minimum Gasteiger partial charge on any atom is -0.479 e. The lowest BCUT2D eigenvalue weighted by atomic mass is 10.2. The lowest BCUT2D eigenvalue weighted by Crippen LogP contribution is -2.48. The summed E-state index contributed by atoms with van der Waals surface area (Å²) in [5, 5.41) is 0.942. The molecule has 0 bridgehead atoms. The first-order valence-electron chi connectivity index (χ1n) is 10.3. The van der Waals surface area contributed by atoms with Gasteiger partial charge in [0.15, 0.2) is 11.5 Å². The summed E-state index contributed by atoms with van der Waals surface area (Å²) in [6.07, 6.45) is 0. The van der Waals surface area contributed by atoms with Crippen molar-refractivity contribution in [1.82, 2.24) is 9.80 Å². The number of furan rings is 1. The lowest BCUT2D eigenvalue weighted by Gasteiger charge is -2.34. The van der Waals surface area contributed by atoms with Crippen molar-refractivity contribution in [2.24, 2.45) is 0 Å². The molecule has 35 heavy (non-hydrogen) atoms. The molecule has 1 amide bonds. The van der Waals surface area contributed by atoms with Crippen molar-refractivity contribution in [3.8, 4) is 5.75 Å². The van der Waals surface area contributed by atoms with Gasteiger partial charge in [0.1, 0.15) is 12.4 Å². The molecule has 0 N–H and O–H groups in total. The van der Waals surface area contributed by atoms with E-state index in [0.717, 1.165) is 5.56 Å². The van der Waals surface area contributed by atoms with Gasteiger partial charge in [-0.1, -0.05) is 29.3 Å². The number of carbonyl (C=O) groups excluding carboxylic acids is 1.